The number of rotatable bonds is 5. The van der Waals surface area contributed by atoms with Gasteiger partial charge in [-0.05, 0) is 38.1 Å². The molecule has 18 heavy (non-hydrogen) atoms. The van der Waals surface area contributed by atoms with Gasteiger partial charge in [0, 0.05) is 18.7 Å². The van der Waals surface area contributed by atoms with Gasteiger partial charge in [-0.15, -0.1) is 0 Å². The van der Waals surface area contributed by atoms with E-state index in [1.807, 2.05) is 0 Å². The number of carbonyl (C=O) groups is 1. The fraction of sp³-hybridized carbons (Fsp3) is 0.462. The summed E-state index contributed by atoms with van der Waals surface area (Å²) >= 11 is 0. The van der Waals surface area contributed by atoms with Crippen LogP contribution in [-0.2, 0) is 0 Å². The van der Waals surface area contributed by atoms with Crippen LogP contribution in [0.1, 0.15) is 24.2 Å². The van der Waals surface area contributed by atoms with E-state index < -0.39 is 18.0 Å². The van der Waals surface area contributed by atoms with Crippen LogP contribution in [0.4, 0.5) is 4.39 Å². The maximum absolute atomic E-state index is 12.8. The molecule has 2 N–H and O–H groups in total. The smallest absolute Gasteiger partial charge is 0.254 e. The Kier molecular flexibility index (Phi) is 5.25. The molecule has 1 aromatic rings. The molecule has 0 bridgehead atoms. The maximum Gasteiger partial charge on any atom is 0.254 e. The summed E-state index contributed by atoms with van der Waals surface area (Å²) in [7, 11) is 0. The van der Waals surface area contributed by atoms with E-state index in [-0.39, 0.29) is 19.0 Å². The van der Waals surface area contributed by atoms with Gasteiger partial charge in [0.1, 0.15) is 5.82 Å². The number of carbonyl (C=O) groups excluding carboxylic acids is 1. The summed E-state index contributed by atoms with van der Waals surface area (Å²) in [5.41, 5.74) is 0.331. The van der Waals surface area contributed by atoms with Gasteiger partial charge in [-0.25, -0.2) is 4.39 Å². The zero-order valence-corrected chi connectivity index (χ0v) is 10.5. The lowest BCUT2D eigenvalue weighted by atomic mass is 10.1. The van der Waals surface area contributed by atoms with Gasteiger partial charge in [0.2, 0.25) is 0 Å². The lowest BCUT2D eigenvalue weighted by Gasteiger charge is -2.25. The molecule has 1 amide bonds. The quantitative estimate of drug-likeness (QED) is 0.826. The highest BCUT2D eigenvalue weighted by Gasteiger charge is 2.18. The first-order valence-electron chi connectivity index (χ1n) is 5.81. The highest BCUT2D eigenvalue weighted by molar-refractivity contribution is 5.94. The van der Waals surface area contributed by atoms with Crippen LogP contribution in [0.2, 0.25) is 0 Å². The van der Waals surface area contributed by atoms with E-state index in [2.05, 4.69) is 0 Å². The van der Waals surface area contributed by atoms with E-state index in [0.717, 1.165) is 0 Å². The number of aliphatic hydroxyl groups is 2. The maximum atomic E-state index is 12.8. The van der Waals surface area contributed by atoms with Crippen LogP contribution in [0.15, 0.2) is 24.3 Å². The van der Waals surface area contributed by atoms with Gasteiger partial charge < -0.3 is 15.1 Å². The Morgan fingerprint density at radius 2 is 1.61 bits per heavy atom. The summed E-state index contributed by atoms with van der Waals surface area (Å²) in [5, 5.41) is 18.7. The first-order chi connectivity index (χ1) is 8.40. The van der Waals surface area contributed by atoms with E-state index in [1.54, 1.807) is 13.8 Å². The molecular weight excluding hydrogens is 237 g/mol. The summed E-state index contributed by atoms with van der Waals surface area (Å²) in [4.78, 5) is 13.5. The lowest BCUT2D eigenvalue weighted by molar-refractivity contribution is 0.0518. The Morgan fingerprint density at radius 1 is 1.17 bits per heavy atom. The third-order valence-electron chi connectivity index (χ3n) is 2.35. The number of benzene rings is 1. The van der Waals surface area contributed by atoms with Crippen molar-refractivity contribution in [3.8, 4) is 0 Å². The highest BCUT2D eigenvalue weighted by atomic mass is 19.1. The molecule has 0 saturated carbocycles. The molecule has 0 saturated heterocycles. The molecule has 100 valence electrons. The SMILES string of the molecule is C[C@H](O)CN(C[C@H](C)O)C(=O)c1ccc(F)cc1. The third kappa shape index (κ3) is 4.43. The van der Waals surface area contributed by atoms with Gasteiger partial charge in [0.05, 0.1) is 12.2 Å². The molecule has 0 radical (unpaired) electrons. The molecule has 0 unspecified atom stereocenters. The molecule has 0 aliphatic carbocycles. The minimum absolute atomic E-state index is 0.126. The Hall–Kier alpha value is -1.46. The van der Waals surface area contributed by atoms with Crippen molar-refractivity contribution in [2.45, 2.75) is 26.1 Å². The van der Waals surface area contributed by atoms with Crippen molar-refractivity contribution in [1.82, 2.24) is 4.90 Å². The van der Waals surface area contributed by atoms with Crippen molar-refractivity contribution in [2.75, 3.05) is 13.1 Å². The molecule has 1 rings (SSSR count). The second-order valence-corrected chi connectivity index (χ2v) is 4.42. The molecule has 0 aliphatic heterocycles. The second kappa shape index (κ2) is 6.47. The first kappa shape index (κ1) is 14.6. The number of hydrogen-bond acceptors (Lipinski definition) is 3. The van der Waals surface area contributed by atoms with Gasteiger partial charge >= 0.3 is 0 Å². The topological polar surface area (TPSA) is 60.8 Å². The van der Waals surface area contributed by atoms with Crippen LogP contribution in [0.25, 0.3) is 0 Å². The summed E-state index contributed by atoms with van der Waals surface area (Å²) in [6.45, 7) is 3.38. The van der Waals surface area contributed by atoms with Crippen molar-refractivity contribution in [1.29, 1.82) is 0 Å². The van der Waals surface area contributed by atoms with Gasteiger partial charge in [0.25, 0.3) is 5.91 Å². The standard InChI is InChI=1S/C13H18FNO3/c1-9(16)7-15(8-10(2)17)13(18)11-3-5-12(14)6-4-11/h3-6,9-10,16-17H,7-8H2,1-2H3/t9-,10-/m0/s1. The number of amides is 1. The van der Waals surface area contributed by atoms with Gasteiger partial charge in [0.15, 0.2) is 0 Å². The van der Waals surface area contributed by atoms with Crippen molar-refractivity contribution in [3.05, 3.63) is 35.6 Å². The highest BCUT2D eigenvalue weighted by Crippen LogP contribution is 2.08. The Morgan fingerprint density at radius 3 is 2.00 bits per heavy atom. The minimum atomic E-state index is -0.687. The lowest BCUT2D eigenvalue weighted by Crippen LogP contribution is -2.40. The van der Waals surface area contributed by atoms with E-state index in [9.17, 15) is 19.4 Å². The molecular formula is C13H18FNO3. The van der Waals surface area contributed by atoms with Crippen molar-refractivity contribution >= 4 is 5.91 Å². The monoisotopic (exact) mass is 255 g/mol. The van der Waals surface area contributed by atoms with Crippen molar-refractivity contribution in [3.63, 3.8) is 0 Å². The molecule has 1 aromatic carbocycles. The molecule has 5 heteroatoms. The molecule has 0 aromatic heterocycles. The van der Waals surface area contributed by atoms with Crippen LogP contribution >= 0.6 is 0 Å². The van der Waals surface area contributed by atoms with Gasteiger partial charge in [-0.1, -0.05) is 0 Å². The van der Waals surface area contributed by atoms with E-state index in [4.69, 9.17) is 0 Å². The number of aliphatic hydroxyl groups excluding tert-OH is 2. The van der Waals surface area contributed by atoms with Gasteiger partial charge in [-0.2, -0.15) is 0 Å². The average Bonchev–Trinajstić information content (AvgIpc) is 2.27. The molecule has 0 heterocycles. The minimum Gasteiger partial charge on any atom is -0.392 e. The van der Waals surface area contributed by atoms with E-state index in [0.29, 0.717) is 5.56 Å². The molecule has 2 atom stereocenters. The fourth-order valence-corrected chi connectivity index (χ4v) is 1.65. The van der Waals surface area contributed by atoms with Crippen LogP contribution in [0.3, 0.4) is 0 Å². The van der Waals surface area contributed by atoms with Crippen LogP contribution in [0.5, 0.6) is 0 Å². The normalized spacial score (nSPS) is 14.1. The van der Waals surface area contributed by atoms with E-state index in [1.165, 1.54) is 29.2 Å². The summed E-state index contributed by atoms with van der Waals surface area (Å²) in [5.74, 6) is -0.749. The van der Waals surface area contributed by atoms with Gasteiger partial charge in [-0.3, -0.25) is 4.79 Å². The van der Waals surface area contributed by atoms with Crippen molar-refractivity contribution in [2.24, 2.45) is 0 Å². The van der Waals surface area contributed by atoms with Crippen LogP contribution < -0.4 is 0 Å². The fourth-order valence-electron chi connectivity index (χ4n) is 1.65. The second-order valence-electron chi connectivity index (χ2n) is 4.42. The Labute approximate surface area is 106 Å². The average molecular weight is 255 g/mol. The Balaban J connectivity index is 2.83. The number of hydrogen-bond donors (Lipinski definition) is 2. The summed E-state index contributed by atoms with van der Waals surface area (Å²) in [6.07, 6.45) is -1.37. The van der Waals surface area contributed by atoms with Crippen molar-refractivity contribution < 1.29 is 19.4 Å². The number of nitrogens with zero attached hydrogens (tertiary/aromatic N) is 1. The van der Waals surface area contributed by atoms with Crippen LogP contribution in [0, 0.1) is 5.82 Å². The zero-order valence-electron chi connectivity index (χ0n) is 10.5. The predicted octanol–water partition coefficient (Wildman–Crippen LogP) is 1.03. The molecule has 0 fully saturated rings. The zero-order chi connectivity index (χ0) is 13.7. The molecule has 4 nitrogen and oxygen atoms in total. The molecule has 0 aliphatic rings. The molecule has 0 spiro atoms. The van der Waals surface area contributed by atoms with Crippen LogP contribution in [-0.4, -0.2) is 46.3 Å². The summed E-state index contributed by atoms with van der Waals surface area (Å²) in [6, 6.07) is 5.18. The first-order valence-corrected chi connectivity index (χ1v) is 5.81. The summed E-state index contributed by atoms with van der Waals surface area (Å²) < 4.78 is 12.8. The Bertz CT molecular complexity index is 380. The predicted molar refractivity (Wildman–Crippen MR) is 65.7 cm³/mol. The largest absolute Gasteiger partial charge is 0.392 e. The third-order valence-corrected chi connectivity index (χ3v) is 2.35. The number of halogens is 1. The van der Waals surface area contributed by atoms with E-state index >= 15 is 0 Å².